The van der Waals surface area contributed by atoms with Gasteiger partial charge in [-0.1, -0.05) is 0 Å². The van der Waals surface area contributed by atoms with Crippen molar-refractivity contribution in [1.82, 2.24) is 10.6 Å². The van der Waals surface area contributed by atoms with Crippen LogP contribution in [0.2, 0.25) is 0 Å². The Labute approximate surface area is 113 Å². The van der Waals surface area contributed by atoms with E-state index in [0.717, 1.165) is 37.7 Å². The smallest absolute Gasteiger partial charge is 0.238 e. The molecule has 17 heavy (non-hydrogen) atoms. The van der Waals surface area contributed by atoms with Crippen LogP contribution in [0.15, 0.2) is 0 Å². The van der Waals surface area contributed by atoms with Crippen LogP contribution in [0.3, 0.4) is 0 Å². The molecule has 2 N–H and O–H groups in total. The number of hydrogen-bond acceptors (Lipinski definition) is 4. The molecule has 0 aliphatic carbocycles. The van der Waals surface area contributed by atoms with Crippen molar-refractivity contribution >= 4 is 30.1 Å². The Morgan fingerprint density at radius 2 is 2.18 bits per heavy atom. The van der Waals surface area contributed by atoms with Gasteiger partial charge in [0.1, 0.15) is 0 Å². The summed E-state index contributed by atoms with van der Waals surface area (Å²) in [6, 6.07) is 0.274. The summed E-state index contributed by atoms with van der Waals surface area (Å²) in [6.45, 7) is 3.78. The molecule has 0 aromatic heterocycles. The summed E-state index contributed by atoms with van der Waals surface area (Å²) in [5, 5.41) is 6.31. The number of amides is 1. The van der Waals surface area contributed by atoms with E-state index in [1.54, 1.807) is 11.8 Å². The Balaban J connectivity index is 0.00000144. The van der Waals surface area contributed by atoms with Gasteiger partial charge in [-0.15, -0.1) is 24.2 Å². The highest BCUT2D eigenvalue weighted by Crippen LogP contribution is 2.19. The lowest BCUT2D eigenvalue weighted by Gasteiger charge is -2.29. The van der Waals surface area contributed by atoms with E-state index in [0.29, 0.717) is 5.92 Å². The predicted octanol–water partition coefficient (Wildman–Crippen LogP) is 1.00. The molecule has 6 heteroatoms. The number of nitrogens with one attached hydrogen (secondary N) is 2. The van der Waals surface area contributed by atoms with Crippen molar-refractivity contribution in [2.45, 2.75) is 31.8 Å². The maximum Gasteiger partial charge on any atom is 0.238 e. The number of hydrogen-bond donors (Lipinski definition) is 2. The number of halogens is 1. The Morgan fingerprint density at radius 3 is 2.76 bits per heavy atom. The van der Waals surface area contributed by atoms with E-state index >= 15 is 0 Å². The number of rotatable bonds is 3. The maximum absolute atomic E-state index is 11.9. The molecule has 1 amide bonds. The second-order valence-electron chi connectivity index (χ2n) is 4.52. The third-order valence-electron chi connectivity index (χ3n) is 3.38. The molecule has 0 spiro atoms. The Bertz CT molecular complexity index is 244. The first-order chi connectivity index (χ1) is 7.77. The fourth-order valence-electron chi connectivity index (χ4n) is 2.22. The molecule has 2 unspecified atom stereocenters. The SMILES string of the molecule is CC(NC(=O)C1CSCN1)C1CCOCC1.Cl. The minimum atomic E-state index is 0. The van der Waals surface area contributed by atoms with Gasteiger partial charge in [-0.25, -0.2) is 0 Å². The van der Waals surface area contributed by atoms with Gasteiger partial charge in [-0.05, 0) is 25.7 Å². The minimum Gasteiger partial charge on any atom is -0.381 e. The second-order valence-corrected chi connectivity index (χ2v) is 5.55. The lowest BCUT2D eigenvalue weighted by atomic mass is 9.93. The van der Waals surface area contributed by atoms with Gasteiger partial charge in [0.15, 0.2) is 0 Å². The third-order valence-corrected chi connectivity index (χ3v) is 4.32. The Morgan fingerprint density at radius 1 is 1.47 bits per heavy atom. The average Bonchev–Trinajstić information content (AvgIpc) is 2.83. The summed E-state index contributed by atoms with van der Waals surface area (Å²) < 4.78 is 5.33. The molecule has 2 aliphatic heterocycles. The van der Waals surface area contributed by atoms with Gasteiger partial charge in [-0.2, -0.15) is 0 Å². The molecule has 0 saturated carbocycles. The van der Waals surface area contributed by atoms with Crippen molar-refractivity contribution in [1.29, 1.82) is 0 Å². The largest absolute Gasteiger partial charge is 0.381 e. The number of carbonyl (C=O) groups excluding carboxylic acids is 1. The highest BCUT2D eigenvalue weighted by Gasteiger charge is 2.27. The van der Waals surface area contributed by atoms with Gasteiger partial charge >= 0.3 is 0 Å². The van der Waals surface area contributed by atoms with Crippen molar-refractivity contribution < 1.29 is 9.53 Å². The van der Waals surface area contributed by atoms with Gasteiger partial charge in [0, 0.05) is 30.9 Å². The van der Waals surface area contributed by atoms with Gasteiger partial charge < -0.3 is 10.1 Å². The molecule has 2 aliphatic rings. The number of thioether (sulfide) groups is 1. The summed E-state index contributed by atoms with van der Waals surface area (Å²) in [5.41, 5.74) is 0. The van der Waals surface area contributed by atoms with Gasteiger partial charge in [0.25, 0.3) is 0 Å². The van der Waals surface area contributed by atoms with E-state index in [9.17, 15) is 4.79 Å². The van der Waals surface area contributed by atoms with Crippen LogP contribution in [0.5, 0.6) is 0 Å². The quantitative estimate of drug-likeness (QED) is 0.810. The maximum atomic E-state index is 11.9. The zero-order chi connectivity index (χ0) is 11.4. The van der Waals surface area contributed by atoms with Crippen LogP contribution in [0.1, 0.15) is 19.8 Å². The van der Waals surface area contributed by atoms with E-state index in [2.05, 4.69) is 17.6 Å². The lowest BCUT2D eigenvalue weighted by molar-refractivity contribution is -0.123. The van der Waals surface area contributed by atoms with E-state index in [1.165, 1.54) is 0 Å². The van der Waals surface area contributed by atoms with Gasteiger partial charge in [0.2, 0.25) is 5.91 Å². The molecular formula is C11H21ClN2O2S. The normalized spacial score (nSPS) is 27.2. The highest BCUT2D eigenvalue weighted by molar-refractivity contribution is 7.99. The van der Waals surface area contributed by atoms with Crippen molar-refractivity contribution in [3.63, 3.8) is 0 Å². The van der Waals surface area contributed by atoms with E-state index < -0.39 is 0 Å². The summed E-state index contributed by atoms with van der Waals surface area (Å²) >= 11 is 1.78. The lowest BCUT2D eigenvalue weighted by Crippen LogP contribution is -2.48. The van der Waals surface area contributed by atoms with E-state index in [4.69, 9.17) is 4.74 Å². The van der Waals surface area contributed by atoms with Crippen LogP contribution >= 0.6 is 24.2 Å². The minimum absolute atomic E-state index is 0. The first-order valence-electron chi connectivity index (χ1n) is 5.96. The van der Waals surface area contributed by atoms with Gasteiger partial charge in [-0.3, -0.25) is 10.1 Å². The second kappa shape index (κ2) is 7.46. The summed E-state index contributed by atoms with van der Waals surface area (Å²) in [6.07, 6.45) is 2.13. The first kappa shape index (κ1) is 15.1. The summed E-state index contributed by atoms with van der Waals surface area (Å²) in [4.78, 5) is 11.9. The molecule has 2 rings (SSSR count). The average molecular weight is 281 g/mol. The van der Waals surface area contributed by atoms with Gasteiger partial charge in [0.05, 0.1) is 6.04 Å². The molecule has 2 atom stereocenters. The molecule has 0 bridgehead atoms. The molecule has 2 saturated heterocycles. The number of carbonyl (C=O) groups is 1. The zero-order valence-corrected chi connectivity index (χ0v) is 11.7. The van der Waals surface area contributed by atoms with Crippen molar-refractivity contribution in [2.75, 3.05) is 24.8 Å². The van der Waals surface area contributed by atoms with Crippen LogP contribution in [0.25, 0.3) is 0 Å². The number of ether oxygens (including phenoxy) is 1. The molecule has 2 heterocycles. The van der Waals surface area contributed by atoms with Crippen molar-refractivity contribution in [3.8, 4) is 0 Å². The fourth-order valence-corrected chi connectivity index (χ4v) is 3.16. The monoisotopic (exact) mass is 280 g/mol. The zero-order valence-electron chi connectivity index (χ0n) is 10.1. The molecule has 0 aromatic carbocycles. The highest BCUT2D eigenvalue weighted by atomic mass is 35.5. The van der Waals surface area contributed by atoms with Crippen LogP contribution < -0.4 is 10.6 Å². The first-order valence-corrected chi connectivity index (χ1v) is 7.12. The fraction of sp³-hybridized carbons (Fsp3) is 0.909. The third kappa shape index (κ3) is 4.32. The molecular weight excluding hydrogens is 260 g/mol. The molecule has 0 aromatic rings. The molecule has 2 fully saturated rings. The summed E-state index contributed by atoms with van der Waals surface area (Å²) in [7, 11) is 0. The van der Waals surface area contributed by atoms with Crippen molar-refractivity contribution in [2.24, 2.45) is 5.92 Å². The van der Waals surface area contributed by atoms with Crippen LogP contribution in [0, 0.1) is 5.92 Å². The Kier molecular flexibility index (Phi) is 6.62. The van der Waals surface area contributed by atoms with E-state index in [-0.39, 0.29) is 30.4 Å². The standard InChI is InChI=1S/C11H20N2O2S.ClH/c1-8(9-2-4-15-5-3-9)13-11(14)10-6-16-7-12-10;/h8-10,12H,2-7H2,1H3,(H,13,14);1H. The van der Waals surface area contributed by atoms with Crippen LogP contribution in [0.4, 0.5) is 0 Å². The summed E-state index contributed by atoms with van der Waals surface area (Å²) in [5.74, 6) is 2.52. The molecule has 0 radical (unpaired) electrons. The predicted molar refractivity (Wildman–Crippen MR) is 72.6 cm³/mol. The topological polar surface area (TPSA) is 50.4 Å². The van der Waals surface area contributed by atoms with Crippen molar-refractivity contribution in [3.05, 3.63) is 0 Å². The molecule has 4 nitrogen and oxygen atoms in total. The van der Waals surface area contributed by atoms with E-state index in [1.807, 2.05) is 0 Å². The van der Waals surface area contributed by atoms with Crippen LogP contribution in [-0.2, 0) is 9.53 Å². The van der Waals surface area contributed by atoms with Crippen LogP contribution in [-0.4, -0.2) is 42.8 Å². The molecule has 100 valence electrons. The Hall–Kier alpha value is 0.0300.